The Hall–Kier alpha value is -2.76. The van der Waals surface area contributed by atoms with E-state index in [9.17, 15) is 9.59 Å². The van der Waals surface area contributed by atoms with Crippen LogP contribution < -0.4 is 9.47 Å². The molecule has 0 bridgehead atoms. The van der Waals surface area contributed by atoms with Crippen LogP contribution in [0.15, 0.2) is 24.3 Å². The van der Waals surface area contributed by atoms with E-state index in [4.69, 9.17) is 14.2 Å². The molecule has 0 aliphatic rings. The van der Waals surface area contributed by atoms with Gasteiger partial charge in [-0.15, -0.1) is 0 Å². The first kappa shape index (κ1) is 17.6. The van der Waals surface area contributed by atoms with Crippen LogP contribution in [0, 0.1) is 13.8 Å². The second-order valence-electron chi connectivity index (χ2n) is 5.38. The molecule has 128 valence electrons. The minimum Gasteiger partial charge on any atom is -0.497 e. The Morgan fingerprint density at radius 3 is 2.42 bits per heavy atom. The summed E-state index contributed by atoms with van der Waals surface area (Å²) in [5.74, 6) is 0.534. The lowest BCUT2D eigenvalue weighted by Gasteiger charge is -2.08. The molecule has 6 heteroatoms. The zero-order valence-corrected chi connectivity index (χ0v) is 14.5. The summed E-state index contributed by atoms with van der Waals surface area (Å²) in [5, 5.41) is 0. The van der Waals surface area contributed by atoms with Crippen LogP contribution in [0.4, 0.5) is 0 Å². The lowest BCUT2D eigenvalue weighted by molar-refractivity contribution is 0.0588. The molecule has 1 aromatic heterocycles. The van der Waals surface area contributed by atoms with Gasteiger partial charge in [0, 0.05) is 24.4 Å². The van der Waals surface area contributed by atoms with Crippen molar-refractivity contribution in [3.63, 3.8) is 0 Å². The van der Waals surface area contributed by atoms with Crippen LogP contribution in [0.2, 0.25) is 0 Å². The Morgan fingerprint density at radius 1 is 1.12 bits per heavy atom. The fourth-order valence-corrected chi connectivity index (χ4v) is 2.69. The number of Topliss-reactive ketones (excluding diaryl/α,β-unsaturated/α-hetero) is 1. The molecular formula is C18H21NO5. The number of carbonyl (C=O) groups excluding carboxylic acids is 2. The number of rotatable bonds is 6. The van der Waals surface area contributed by atoms with Gasteiger partial charge in [0.2, 0.25) is 5.78 Å². The van der Waals surface area contributed by atoms with E-state index >= 15 is 0 Å². The van der Waals surface area contributed by atoms with Gasteiger partial charge >= 0.3 is 5.97 Å². The topological polar surface area (TPSA) is 66.8 Å². The number of ketones is 1. The second kappa shape index (κ2) is 7.21. The monoisotopic (exact) mass is 331 g/mol. The Morgan fingerprint density at radius 2 is 1.79 bits per heavy atom. The number of nitrogens with zero attached hydrogens (tertiary/aromatic N) is 1. The van der Waals surface area contributed by atoms with Gasteiger partial charge in [-0.25, -0.2) is 4.79 Å². The highest BCUT2D eigenvalue weighted by molar-refractivity contribution is 6.03. The first-order valence-corrected chi connectivity index (χ1v) is 7.45. The lowest BCUT2D eigenvalue weighted by Crippen LogP contribution is -2.13. The smallest absolute Gasteiger partial charge is 0.354 e. The fourth-order valence-electron chi connectivity index (χ4n) is 2.69. The molecule has 0 N–H and O–H groups in total. The molecule has 0 spiro atoms. The molecule has 1 aromatic carbocycles. The van der Waals surface area contributed by atoms with E-state index in [0.29, 0.717) is 34.0 Å². The Bertz CT molecular complexity index is 776. The molecular weight excluding hydrogens is 310 g/mol. The van der Waals surface area contributed by atoms with Crippen LogP contribution in [0.5, 0.6) is 11.5 Å². The normalized spacial score (nSPS) is 10.4. The molecule has 0 atom stereocenters. The lowest BCUT2D eigenvalue weighted by atomic mass is 10.1. The van der Waals surface area contributed by atoms with Crippen molar-refractivity contribution in [2.45, 2.75) is 13.8 Å². The highest BCUT2D eigenvalue weighted by atomic mass is 16.5. The summed E-state index contributed by atoms with van der Waals surface area (Å²) in [6.45, 7) is 3.40. The van der Waals surface area contributed by atoms with Gasteiger partial charge in [0.25, 0.3) is 0 Å². The first-order valence-electron chi connectivity index (χ1n) is 7.45. The third-order valence-corrected chi connectivity index (χ3v) is 4.00. The van der Waals surface area contributed by atoms with Gasteiger partial charge in [-0.3, -0.25) is 4.79 Å². The zero-order chi connectivity index (χ0) is 17.9. The molecule has 0 saturated carbocycles. The third kappa shape index (κ3) is 3.27. The van der Waals surface area contributed by atoms with Gasteiger partial charge in [0.15, 0.2) is 6.61 Å². The molecule has 1 heterocycles. The van der Waals surface area contributed by atoms with E-state index in [1.165, 1.54) is 7.11 Å². The fraction of sp³-hybridized carbons (Fsp3) is 0.333. The summed E-state index contributed by atoms with van der Waals surface area (Å²) in [4.78, 5) is 24.5. The number of ether oxygens (including phenoxy) is 3. The number of methoxy groups -OCH3 is 2. The van der Waals surface area contributed by atoms with E-state index in [1.54, 1.807) is 56.8 Å². The van der Waals surface area contributed by atoms with Gasteiger partial charge < -0.3 is 18.8 Å². The molecule has 6 nitrogen and oxygen atoms in total. The maximum absolute atomic E-state index is 12.6. The standard InChI is InChI=1S/C18H21NO5/c1-11-16(12(2)19(3)17(11)18(21)23-5)15(20)10-24-14-8-6-7-13(9-14)22-4/h6-9H,10H2,1-5H3. The van der Waals surface area contributed by atoms with E-state index in [0.717, 1.165) is 0 Å². The largest absolute Gasteiger partial charge is 0.497 e. The summed E-state index contributed by atoms with van der Waals surface area (Å²) in [6.07, 6.45) is 0. The summed E-state index contributed by atoms with van der Waals surface area (Å²) in [6, 6.07) is 7.04. The van der Waals surface area contributed by atoms with Gasteiger partial charge in [-0.2, -0.15) is 0 Å². The molecule has 0 unspecified atom stereocenters. The molecule has 0 aliphatic heterocycles. The van der Waals surface area contributed by atoms with Crippen LogP contribution >= 0.6 is 0 Å². The summed E-state index contributed by atoms with van der Waals surface area (Å²) in [7, 11) is 4.61. The van der Waals surface area contributed by atoms with Crippen LogP contribution in [0.25, 0.3) is 0 Å². The van der Waals surface area contributed by atoms with Crippen molar-refractivity contribution < 1.29 is 23.8 Å². The number of carbonyl (C=O) groups is 2. The average molecular weight is 331 g/mol. The maximum atomic E-state index is 12.6. The molecule has 0 fully saturated rings. The van der Waals surface area contributed by atoms with Gasteiger partial charge in [-0.05, 0) is 31.5 Å². The molecule has 2 rings (SSSR count). The average Bonchev–Trinajstić information content (AvgIpc) is 2.81. The van der Waals surface area contributed by atoms with Crippen LogP contribution in [-0.4, -0.2) is 37.1 Å². The number of aromatic nitrogens is 1. The number of hydrogen-bond acceptors (Lipinski definition) is 5. The van der Waals surface area contributed by atoms with Crippen LogP contribution in [0.3, 0.4) is 0 Å². The second-order valence-corrected chi connectivity index (χ2v) is 5.38. The molecule has 0 radical (unpaired) electrons. The van der Waals surface area contributed by atoms with Crippen molar-refractivity contribution in [2.24, 2.45) is 7.05 Å². The minimum absolute atomic E-state index is 0.126. The molecule has 0 saturated heterocycles. The quantitative estimate of drug-likeness (QED) is 0.601. The van der Waals surface area contributed by atoms with Gasteiger partial charge in [0.1, 0.15) is 17.2 Å². The molecule has 24 heavy (non-hydrogen) atoms. The van der Waals surface area contributed by atoms with Crippen molar-refractivity contribution >= 4 is 11.8 Å². The van der Waals surface area contributed by atoms with Crippen molar-refractivity contribution in [2.75, 3.05) is 20.8 Å². The van der Waals surface area contributed by atoms with Crippen LogP contribution in [-0.2, 0) is 11.8 Å². The number of benzene rings is 1. The van der Waals surface area contributed by atoms with E-state index in [1.807, 2.05) is 0 Å². The van der Waals surface area contributed by atoms with Crippen molar-refractivity contribution in [1.82, 2.24) is 4.57 Å². The van der Waals surface area contributed by atoms with Gasteiger partial charge in [-0.1, -0.05) is 6.07 Å². The highest BCUT2D eigenvalue weighted by Crippen LogP contribution is 2.23. The van der Waals surface area contributed by atoms with Crippen molar-refractivity contribution in [3.05, 3.63) is 46.8 Å². The third-order valence-electron chi connectivity index (χ3n) is 4.00. The predicted molar refractivity (Wildman–Crippen MR) is 89.0 cm³/mol. The SMILES string of the molecule is COC(=O)c1c(C)c(C(=O)COc2cccc(OC)c2)c(C)n1C. The maximum Gasteiger partial charge on any atom is 0.354 e. The molecule has 0 amide bonds. The van der Waals surface area contributed by atoms with Crippen molar-refractivity contribution in [3.8, 4) is 11.5 Å². The minimum atomic E-state index is -0.467. The van der Waals surface area contributed by atoms with Gasteiger partial charge in [0.05, 0.1) is 14.2 Å². The van der Waals surface area contributed by atoms with Crippen molar-refractivity contribution in [1.29, 1.82) is 0 Å². The van der Waals surface area contributed by atoms with E-state index in [2.05, 4.69) is 0 Å². The summed E-state index contributed by atoms with van der Waals surface area (Å²) < 4.78 is 17.1. The Kier molecular flexibility index (Phi) is 5.28. The predicted octanol–water partition coefficient (Wildman–Crippen LogP) is 2.70. The summed E-state index contributed by atoms with van der Waals surface area (Å²) in [5.41, 5.74) is 2.16. The highest BCUT2D eigenvalue weighted by Gasteiger charge is 2.25. The van der Waals surface area contributed by atoms with E-state index < -0.39 is 5.97 Å². The number of esters is 1. The molecule has 2 aromatic rings. The molecule has 0 aliphatic carbocycles. The Labute approximate surface area is 140 Å². The Balaban J connectivity index is 2.22. The first-order chi connectivity index (χ1) is 11.4. The number of hydrogen-bond donors (Lipinski definition) is 0. The zero-order valence-electron chi connectivity index (χ0n) is 14.5. The summed E-state index contributed by atoms with van der Waals surface area (Å²) >= 11 is 0. The van der Waals surface area contributed by atoms with E-state index in [-0.39, 0.29) is 12.4 Å². The van der Waals surface area contributed by atoms with Crippen LogP contribution in [0.1, 0.15) is 32.1 Å².